The van der Waals surface area contributed by atoms with Crippen LogP contribution in [0.25, 0.3) is 5.52 Å². The molecule has 84 valence electrons. The second kappa shape index (κ2) is 4.42. The number of aromatic nitrogens is 2. The first-order valence-corrected chi connectivity index (χ1v) is 5.88. The van der Waals surface area contributed by atoms with E-state index in [0.29, 0.717) is 0 Å². The van der Waals surface area contributed by atoms with Gasteiger partial charge in [-0.05, 0) is 24.1 Å². The molecule has 3 rings (SSSR count). The second-order valence-corrected chi connectivity index (χ2v) is 4.16. The molecule has 0 N–H and O–H groups in total. The van der Waals surface area contributed by atoms with Crippen LogP contribution >= 0.6 is 0 Å². The molecule has 0 saturated carbocycles. The summed E-state index contributed by atoms with van der Waals surface area (Å²) in [7, 11) is 0. The maximum absolute atomic E-state index is 4.47. The maximum atomic E-state index is 4.47. The van der Waals surface area contributed by atoms with Crippen molar-refractivity contribution in [3.05, 3.63) is 72.3 Å². The zero-order valence-corrected chi connectivity index (χ0v) is 9.58. The molecular formula is C15H14N2. The van der Waals surface area contributed by atoms with Gasteiger partial charge in [0, 0.05) is 12.6 Å². The lowest BCUT2D eigenvalue weighted by atomic mass is 10.1. The van der Waals surface area contributed by atoms with E-state index in [1.165, 1.54) is 5.56 Å². The number of benzene rings is 1. The van der Waals surface area contributed by atoms with Gasteiger partial charge in [-0.25, -0.2) is 4.98 Å². The molecule has 0 aliphatic rings. The molecule has 0 amide bonds. The van der Waals surface area contributed by atoms with Crippen LogP contribution in [0.3, 0.4) is 0 Å². The first kappa shape index (κ1) is 10.1. The van der Waals surface area contributed by atoms with Crippen LogP contribution in [-0.2, 0) is 12.8 Å². The van der Waals surface area contributed by atoms with Gasteiger partial charge in [-0.15, -0.1) is 0 Å². The minimum atomic E-state index is 0.974. The van der Waals surface area contributed by atoms with Crippen molar-refractivity contribution < 1.29 is 0 Å². The van der Waals surface area contributed by atoms with Crippen molar-refractivity contribution in [2.75, 3.05) is 0 Å². The van der Waals surface area contributed by atoms with Crippen LogP contribution < -0.4 is 0 Å². The van der Waals surface area contributed by atoms with E-state index < -0.39 is 0 Å². The summed E-state index contributed by atoms with van der Waals surface area (Å²) in [5.74, 6) is 1.13. The summed E-state index contributed by atoms with van der Waals surface area (Å²) < 4.78 is 2.16. The maximum Gasteiger partial charge on any atom is 0.113 e. The third kappa shape index (κ3) is 2.07. The Hall–Kier alpha value is -2.09. The van der Waals surface area contributed by atoms with Gasteiger partial charge in [0.1, 0.15) is 5.82 Å². The normalized spacial score (nSPS) is 10.8. The fraction of sp³-hybridized carbons (Fsp3) is 0.133. The van der Waals surface area contributed by atoms with Crippen LogP contribution in [0.15, 0.2) is 60.9 Å². The van der Waals surface area contributed by atoms with E-state index in [-0.39, 0.29) is 0 Å². The number of hydrogen-bond acceptors (Lipinski definition) is 1. The van der Waals surface area contributed by atoms with Crippen LogP contribution in [0.2, 0.25) is 0 Å². The topological polar surface area (TPSA) is 17.3 Å². The smallest absolute Gasteiger partial charge is 0.113 e. The Morgan fingerprint density at radius 2 is 1.71 bits per heavy atom. The van der Waals surface area contributed by atoms with Crippen LogP contribution in [0.4, 0.5) is 0 Å². The minimum absolute atomic E-state index is 0.974. The average Bonchev–Trinajstić information content (AvgIpc) is 2.81. The highest BCUT2D eigenvalue weighted by atomic mass is 15.0. The monoisotopic (exact) mass is 222 g/mol. The molecule has 0 aliphatic heterocycles. The van der Waals surface area contributed by atoms with E-state index in [2.05, 4.69) is 52.0 Å². The number of aryl methyl sites for hydroxylation is 2. The lowest BCUT2D eigenvalue weighted by Crippen LogP contribution is -1.97. The highest BCUT2D eigenvalue weighted by molar-refractivity contribution is 5.45. The molecule has 2 heteroatoms. The van der Waals surface area contributed by atoms with Crippen LogP contribution in [0.1, 0.15) is 11.4 Å². The first-order valence-electron chi connectivity index (χ1n) is 5.88. The molecule has 2 nitrogen and oxygen atoms in total. The third-order valence-corrected chi connectivity index (χ3v) is 3.00. The largest absolute Gasteiger partial charge is 0.304 e. The zero-order valence-electron chi connectivity index (χ0n) is 9.58. The Labute approximate surface area is 101 Å². The number of rotatable bonds is 3. The molecule has 0 spiro atoms. The average molecular weight is 222 g/mol. The predicted octanol–water partition coefficient (Wildman–Crippen LogP) is 3.12. The van der Waals surface area contributed by atoms with Gasteiger partial charge < -0.3 is 4.40 Å². The summed E-state index contributed by atoms with van der Waals surface area (Å²) in [6.45, 7) is 0. The number of nitrogens with zero attached hydrogens (tertiary/aromatic N) is 2. The Morgan fingerprint density at radius 1 is 0.882 bits per heavy atom. The first-order chi connectivity index (χ1) is 8.43. The lowest BCUT2D eigenvalue weighted by Gasteiger charge is -2.01. The SMILES string of the molecule is c1ccc(CCc2ncc3ccccn23)cc1. The molecule has 17 heavy (non-hydrogen) atoms. The Bertz CT molecular complexity index is 611. The van der Waals surface area contributed by atoms with E-state index in [1.807, 2.05) is 18.3 Å². The quantitative estimate of drug-likeness (QED) is 0.665. The predicted molar refractivity (Wildman–Crippen MR) is 69.0 cm³/mol. The van der Waals surface area contributed by atoms with E-state index in [1.54, 1.807) is 0 Å². The summed E-state index contributed by atoms with van der Waals surface area (Å²) in [6.07, 6.45) is 6.01. The zero-order chi connectivity index (χ0) is 11.5. The standard InChI is InChI=1S/C15H14N2/c1-2-6-13(7-3-1)9-10-15-16-12-14-8-4-5-11-17(14)15/h1-8,11-12H,9-10H2. The number of hydrogen-bond donors (Lipinski definition) is 0. The summed E-state index contributed by atoms with van der Waals surface area (Å²) in [5.41, 5.74) is 2.52. The highest BCUT2D eigenvalue weighted by Gasteiger charge is 2.02. The molecule has 0 unspecified atom stereocenters. The van der Waals surface area contributed by atoms with Crippen LogP contribution in [-0.4, -0.2) is 9.38 Å². The minimum Gasteiger partial charge on any atom is -0.304 e. The van der Waals surface area contributed by atoms with Gasteiger partial charge in [0.2, 0.25) is 0 Å². The van der Waals surface area contributed by atoms with Gasteiger partial charge in [0.25, 0.3) is 0 Å². The molecule has 0 fully saturated rings. The molecular weight excluding hydrogens is 208 g/mol. The third-order valence-electron chi connectivity index (χ3n) is 3.00. The molecule has 3 aromatic rings. The molecule has 0 radical (unpaired) electrons. The molecule has 1 aromatic carbocycles. The van der Waals surface area contributed by atoms with Crippen molar-refractivity contribution in [2.45, 2.75) is 12.8 Å². The van der Waals surface area contributed by atoms with Gasteiger partial charge in [-0.1, -0.05) is 36.4 Å². The summed E-state index contributed by atoms with van der Waals surface area (Å²) in [6, 6.07) is 16.7. The van der Waals surface area contributed by atoms with E-state index >= 15 is 0 Å². The molecule has 0 saturated heterocycles. The van der Waals surface area contributed by atoms with E-state index in [4.69, 9.17) is 0 Å². The Morgan fingerprint density at radius 3 is 2.59 bits per heavy atom. The van der Waals surface area contributed by atoms with Gasteiger partial charge in [0.15, 0.2) is 0 Å². The summed E-state index contributed by atoms with van der Waals surface area (Å²) >= 11 is 0. The van der Waals surface area contributed by atoms with Crippen LogP contribution in [0, 0.1) is 0 Å². The molecule has 0 bridgehead atoms. The number of pyridine rings is 1. The molecule has 0 aliphatic carbocycles. The summed E-state index contributed by atoms with van der Waals surface area (Å²) in [5, 5.41) is 0. The van der Waals surface area contributed by atoms with Gasteiger partial charge in [-0.2, -0.15) is 0 Å². The number of imidazole rings is 1. The molecule has 0 atom stereocenters. The van der Waals surface area contributed by atoms with Crippen molar-refractivity contribution in [3.63, 3.8) is 0 Å². The second-order valence-electron chi connectivity index (χ2n) is 4.16. The van der Waals surface area contributed by atoms with Gasteiger partial charge in [-0.3, -0.25) is 0 Å². The fourth-order valence-electron chi connectivity index (χ4n) is 2.09. The number of fused-ring (bicyclic) bond motifs is 1. The Kier molecular flexibility index (Phi) is 2.62. The highest BCUT2D eigenvalue weighted by Crippen LogP contribution is 2.09. The van der Waals surface area contributed by atoms with Crippen molar-refractivity contribution in [2.24, 2.45) is 0 Å². The van der Waals surface area contributed by atoms with Crippen molar-refractivity contribution in [1.82, 2.24) is 9.38 Å². The van der Waals surface area contributed by atoms with Crippen LogP contribution in [0.5, 0.6) is 0 Å². The van der Waals surface area contributed by atoms with E-state index in [0.717, 1.165) is 24.2 Å². The van der Waals surface area contributed by atoms with Gasteiger partial charge >= 0.3 is 0 Å². The van der Waals surface area contributed by atoms with E-state index in [9.17, 15) is 0 Å². The molecule has 2 heterocycles. The summed E-state index contributed by atoms with van der Waals surface area (Å²) in [4.78, 5) is 4.47. The Balaban J connectivity index is 1.82. The van der Waals surface area contributed by atoms with Crippen molar-refractivity contribution >= 4 is 5.52 Å². The molecule has 2 aromatic heterocycles. The van der Waals surface area contributed by atoms with Crippen molar-refractivity contribution in [1.29, 1.82) is 0 Å². The lowest BCUT2D eigenvalue weighted by molar-refractivity contribution is 0.854. The fourth-order valence-corrected chi connectivity index (χ4v) is 2.09. The van der Waals surface area contributed by atoms with Crippen molar-refractivity contribution in [3.8, 4) is 0 Å². The van der Waals surface area contributed by atoms with Gasteiger partial charge in [0.05, 0.1) is 11.7 Å².